The predicted molar refractivity (Wildman–Crippen MR) is 75.3 cm³/mol. The van der Waals surface area contributed by atoms with E-state index in [1.54, 1.807) is 44.2 Å². The number of ether oxygens (including phenoxy) is 1. The molecule has 0 aliphatic heterocycles. The zero-order valence-corrected chi connectivity index (χ0v) is 11.6. The highest BCUT2D eigenvalue weighted by Crippen LogP contribution is 2.31. The van der Waals surface area contributed by atoms with Gasteiger partial charge in [0, 0.05) is 5.92 Å². The molecule has 0 fully saturated rings. The van der Waals surface area contributed by atoms with Crippen molar-refractivity contribution >= 4 is 12.1 Å². The molecule has 0 saturated heterocycles. The number of carboxylic acids is 1. The number of carboxylic acid groups (broad SMARTS) is 1. The summed E-state index contributed by atoms with van der Waals surface area (Å²) in [6.07, 6.45) is 0.723. The zero-order valence-electron chi connectivity index (χ0n) is 11.6. The van der Waals surface area contributed by atoms with Crippen LogP contribution in [0.3, 0.4) is 0 Å². The van der Waals surface area contributed by atoms with E-state index in [1.165, 1.54) is 6.08 Å². The van der Waals surface area contributed by atoms with Gasteiger partial charge in [0.15, 0.2) is 5.54 Å². The molecule has 5 nitrogen and oxygen atoms in total. The van der Waals surface area contributed by atoms with Crippen molar-refractivity contribution in [1.82, 2.24) is 5.32 Å². The number of carbonyl (C=O) groups excluding carboxylic acids is 1. The van der Waals surface area contributed by atoms with Crippen molar-refractivity contribution in [1.29, 1.82) is 0 Å². The number of nitrogens with one attached hydrogen (secondary N) is 1. The molecule has 1 amide bonds. The average Bonchev–Trinajstić information content (AvgIpc) is 2.44. The average molecular weight is 277 g/mol. The smallest absolute Gasteiger partial charge is 0.408 e. The molecule has 1 aromatic carbocycles. The first-order valence-electron chi connectivity index (χ1n) is 6.35. The molecule has 0 aliphatic rings. The predicted octanol–water partition coefficient (Wildman–Crippen LogP) is 2.53. The molecule has 0 heterocycles. The maximum Gasteiger partial charge on any atom is 0.408 e. The molecular weight excluding hydrogens is 258 g/mol. The van der Waals surface area contributed by atoms with Crippen LogP contribution in [0, 0.1) is 5.92 Å². The van der Waals surface area contributed by atoms with Crippen LogP contribution in [0.25, 0.3) is 0 Å². The summed E-state index contributed by atoms with van der Waals surface area (Å²) in [7, 11) is 0. The van der Waals surface area contributed by atoms with Crippen molar-refractivity contribution in [3.63, 3.8) is 0 Å². The van der Waals surface area contributed by atoms with Gasteiger partial charge in [-0.05, 0) is 12.5 Å². The van der Waals surface area contributed by atoms with Gasteiger partial charge in [-0.15, -0.1) is 6.58 Å². The molecule has 5 heteroatoms. The molecular formula is C15H19NO4. The van der Waals surface area contributed by atoms with Gasteiger partial charge >= 0.3 is 12.1 Å². The summed E-state index contributed by atoms with van der Waals surface area (Å²) < 4.78 is 4.82. The molecule has 1 aromatic rings. The monoisotopic (exact) mass is 277 g/mol. The Morgan fingerprint density at radius 2 is 2.05 bits per heavy atom. The lowest BCUT2D eigenvalue weighted by Gasteiger charge is -2.34. The summed E-state index contributed by atoms with van der Waals surface area (Å²) in [6, 6.07) is 8.52. The fraction of sp³-hybridized carbons (Fsp3) is 0.333. The maximum atomic E-state index is 11.8. The lowest BCUT2D eigenvalue weighted by atomic mass is 9.79. The van der Waals surface area contributed by atoms with E-state index >= 15 is 0 Å². The van der Waals surface area contributed by atoms with Gasteiger partial charge in [0.25, 0.3) is 0 Å². The van der Waals surface area contributed by atoms with E-state index in [1.807, 2.05) is 0 Å². The Kier molecular flexibility index (Phi) is 5.32. The lowest BCUT2D eigenvalue weighted by molar-refractivity contribution is -0.146. The van der Waals surface area contributed by atoms with Gasteiger partial charge in [0.05, 0.1) is 6.61 Å². The molecule has 0 aliphatic carbocycles. The minimum Gasteiger partial charge on any atom is -0.479 e. The number of alkyl carbamates (subject to hydrolysis) is 1. The highest BCUT2D eigenvalue weighted by Gasteiger charge is 2.46. The van der Waals surface area contributed by atoms with Gasteiger partial charge in [-0.1, -0.05) is 43.3 Å². The maximum absolute atomic E-state index is 11.8. The Bertz CT molecular complexity index is 486. The first-order chi connectivity index (χ1) is 9.48. The van der Waals surface area contributed by atoms with Crippen LogP contribution in [0.2, 0.25) is 0 Å². The minimum absolute atomic E-state index is 0.165. The fourth-order valence-electron chi connectivity index (χ4n) is 2.03. The fourth-order valence-corrected chi connectivity index (χ4v) is 2.03. The number of benzene rings is 1. The quantitative estimate of drug-likeness (QED) is 0.783. The van der Waals surface area contributed by atoms with Crippen LogP contribution >= 0.6 is 0 Å². The largest absolute Gasteiger partial charge is 0.479 e. The third-order valence-corrected chi connectivity index (χ3v) is 3.18. The SMILES string of the molecule is C=CC(C)[C@@](NC(=O)OCC)(C(=O)O)c1ccccc1. The molecule has 2 atom stereocenters. The van der Waals surface area contributed by atoms with Gasteiger partial charge in [-0.3, -0.25) is 0 Å². The topological polar surface area (TPSA) is 75.6 Å². The van der Waals surface area contributed by atoms with Gasteiger partial charge in [-0.2, -0.15) is 0 Å². The second kappa shape index (κ2) is 6.75. The number of carbonyl (C=O) groups is 2. The summed E-state index contributed by atoms with van der Waals surface area (Å²) in [5.74, 6) is -1.68. The lowest BCUT2D eigenvalue weighted by Crippen LogP contribution is -2.55. The molecule has 0 bridgehead atoms. The Balaban J connectivity index is 3.33. The third-order valence-electron chi connectivity index (χ3n) is 3.18. The molecule has 1 rings (SSSR count). The second-order valence-electron chi connectivity index (χ2n) is 4.35. The summed E-state index contributed by atoms with van der Waals surface area (Å²) >= 11 is 0. The van der Waals surface area contributed by atoms with Crippen LogP contribution in [0.4, 0.5) is 4.79 Å². The second-order valence-corrected chi connectivity index (χ2v) is 4.35. The minimum atomic E-state index is -1.60. The van der Waals surface area contributed by atoms with Crippen molar-refractivity contribution in [3.8, 4) is 0 Å². The van der Waals surface area contributed by atoms with Gasteiger partial charge in [0.1, 0.15) is 0 Å². The molecule has 0 spiro atoms. The van der Waals surface area contributed by atoms with Crippen molar-refractivity contribution in [2.45, 2.75) is 19.4 Å². The summed E-state index contributed by atoms with van der Waals surface area (Å²) in [6.45, 7) is 7.13. The Labute approximate surface area is 118 Å². The van der Waals surface area contributed by atoms with Crippen LogP contribution in [0.15, 0.2) is 43.0 Å². The Morgan fingerprint density at radius 3 is 2.50 bits per heavy atom. The van der Waals surface area contributed by atoms with E-state index in [0.717, 1.165) is 0 Å². The van der Waals surface area contributed by atoms with Crippen molar-refractivity contribution in [2.75, 3.05) is 6.61 Å². The normalized spacial score (nSPS) is 14.7. The molecule has 108 valence electrons. The number of amides is 1. The molecule has 1 unspecified atom stereocenters. The highest BCUT2D eigenvalue weighted by atomic mass is 16.5. The molecule has 0 radical (unpaired) electrons. The summed E-state index contributed by atoms with van der Waals surface area (Å²) in [5.41, 5.74) is -1.14. The Hall–Kier alpha value is -2.30. The third kappa shape index (κ3) is 2.99. The van der Waals surface area contributed by atoms with Crippen LogP contribution in [0.5, 0.6) is 0 Å². The number of hydrogen-bond acceptors (Lipinski definition) is 3. The van der Waals surface area contributed by atoms with E-state index < -0.39 is 23.5 Å². The van der Waals surface area contributed by atoms with E-state index in [2.05, 4.69) is 11.9 Å². The van der Waals surface area contributed by atoms with E-state index in [9.17, 15) is 14.7 Å². The first-order valence-corrected chi connectivity index (χ1v) is 6.35. The highest BCUT2D eigenvalue weighted by molar-refractivity contribution is 5.86. The standard InChI is InChI=1S/C15H19NO4/c1-4-11(3)15(13(17)18,16-14(19)20-5-2)12-9-7-6-8-10-12/h4,6-11H,1,5H2,2-3H3,(H,16,19)(H,17,18)/t11?,15-/m0/s1. The Morgan fingerprint density at radius 1 is 1.45 bits per heavy atom. The zero-order chi connectivity index (χ0) is 15.2. The molecule has 0 aromatic heterocycles. The summed E-state index contributed by atoms with van der Waals surface area (Å²) in [5, 5.41) is 12.1. The van der Waals surface area contributed by atoms with Crippen LogP contribution in [-0.2, 0) is 15.1 Å². The number of rotatable bonds is 6. The van der Waals surface area contributed by atoms with Crippen LogP contribution < -0.4 is 5.32 Å². The molecule has 0 saturated carbocycles. The number of aliphatic carboxylic acids is 1. The van der Waals surface area contributed by atoms with E-state index in [4.69, 9.17) is 4.74 Å². The first kappa shape index (κ1) is 15.8. The van der Waals surface area contributed by atoms with Gasteiger partial charge in [-0.25, -0.2) is 9.59 Å². The van der Waals surface area contributed by atoms with Crippen molar-refractivity contribution < 1.29 is 19.4 Å². The van der Waals surface area contributed by atoms with E-state index in [0.29, 0.717) is 5.56 Å². The molecule has 20 heavy (non-hydrogen) atoms. The molecule has 2 N–H and O–H groups in total. The van der Waals surface area contributed by atoms with E-state index in [-0.39, 0.29) is 6.61 Å². The van der Waals surface area contributed by atoms with Crippen LogP contribution in [0.1, 0.15) is 19.4 Å². The van der Waals surface area contributed by atoms with Gasteiger partial charge < -0.3 is 15.2 Å². The van der Waals surface area contributed by atoms with Crippen LogP contribution in [-0.4, -0.2) is 23.8 Å². The van der Waals surface area contributed by atoms with Crippen molar-refractivity contribution in [2.24, 2.45) is 5.92 Å². The number of hydrogen-bond donors (Lipinski definition) is 2. The van der Waals surface area contributed by atoms with Crippen molar-refractivity contribution in [3.05, 3.63) is 48.6 Å². The summed E-state index contributed by atoms with van der Waals surface area (Å²) in [4.78, 5) is 23.6. The van der Waals surface area contributed by atoms with Gasteiger partial charge in [0.2, 0.25) is 0 Å².